The van der Waals surface area contributed by atoms with E-state index in [0.29, 0.717) is 30.1 Å². The van der Waals surface area contributed by atoms with E-state index in [0.717, 1.165) is 11.1 Å². The van der Waals surface area contributed by atoms with Gasteiger partial charge in [-0.05, 0) is 41.8 Å². The largest absolute Gasteiger partial charge is 0.352 e. The van der Waals surface area contributed by atoms with Crippen LogP contribution in [0.4, 0.5) is 10.5 Å². The van der Waals surface area contributed by atoms with E-state index in [1.54, 1.807) is 12.1 Å². The molecule has 0 aliphatic heterocycles. The number of urea groups is 1. The van der Waals surface area contributed by atoms with Gasteiger partial charge >= 0.3 is 6.03 Å². The van der Waals surface area contributed by atoms with E-state index < -0.39 is 6.03 Å². The molecule has 0 fully saturated rings. The lowest BCUT2D eigenvalue weighted by atomic mass is 10.1. The van der Waals surface area contributed by atoms with Crippen LogP contribution in [0, 0.1) is 0 Å². The summed E-state index contributed by atoms with van der Waals surface area (Å²) in [6, 6.07) is 14.0. The number of benzene rings is 2. The van der Waals surface area contributed by atoms with Crippen LogP contribution < -0.4 is 16.4 Å². The highest BCUT2D eigenvalue weighted by Gasteiger charge is 2.03. The molecule has 6 heteroatoms. The molecule has 0 saturated carbocycles. The second kappa shape index (κ2) is 8.19. The van der Waals surface area contributed by atoms with Crippen molar-refractivity contribution in [3.05, 3.63) is 64.7 Å². The molecule has 2 aromatic carbocycles. The number of nitrogens with two attached hydrogens (primary N) is 1. The summed E-state index contributed by atoms with van der Waals surface area (Å²) >= 11 is 5.82. The van der Waals surface area contributed by atoms with E-state index in [1.807, 2.05) is 36.4 Å². The molecule has 0 atom stereocenters. The van der Waals surface area contributed by atoms with Gasteiger partial charge in [0.15, 0.2) is 0 Å². The highest BCUT2D eigenvalue weighted by molar-refractivity contribution is 6.30. The maximum atomic E-state index is 11.9. The number of carbonyl (C=O) groups is 2. The number of nitrogens with one attached hydrogen (secondary N) is 2. The Kier molecular flexibility index (Phi) is 6.00. The molecule has 0 aromatic heterocycles. The van der Waals surface area contributed by atoms with Gasteiger partial charge in [-0.3, -0.25) is 4.79 Å². The Morgan fingerprint density at radius 1 is 0.957 bits per heavy atom. The van der Waals surface area contributed by atoms with Gasteiger partial charge in [-0.25, -0.2) is 4.79 Å². The summed E-state index contributed by atoms with van der Waals surface area (Å²) in [5, 5.41) is 6.03. The first kappa shape index (κ1) is 16.8. The molecule has 0 aliphatic carbocycles. The quantitative estimate of drug-likeness (QED) is 0.760. The molecule has 0 aliphatic rings. The van der Waals surface area contributed by atoms with E-state index in [1.165, 1.54) is 0 Å². The van der Waals surface area contributed by atoms with Crippen LogP contribution in [-0.2, 0) is 17.8 Å². The molecule has 5 nitrogen and oxygen atoms in total. The minimum Gasteiger partial charge on any atom is -0.352 e. The van der Waals surface area contributed by atoms with Gasteiger partial charge < -0.3 is 16.4 Å². The van der Waals surface area contributed by atoms with E-state index in [9.17, 15) is 9.59 Å². The average Bonchev–Trinajstić information content (AvgIpc) is 2.53. The molecule has 3 amide bonds. The first-order chi connectivity index (χ1) is 11.0. The van der Waals surface area contributed by atoms with E-state index in [4.69, 9.17) is 17.3 Å². The number of amides is 3. The molecule has 0 spiro atoms. The number of hydrogen-bond acceptors (Lipinski definition) is 2. The van der Waals surface area contributed by atoms with Gasteiger partial charge in [0.2, 0.25) is 5.91 Å². The van der Waals surface area contributed by atoms with Gasteiger partial charge in [-0.15, -0.1) is 0 Å². The first-order valence-corrected chi connectivity index (χ1v) is 7.57. The standard InChI is InChI=1S/C17H18ClN3O2/c18-14-6-1-12(2-7-14)5-10-16(22)20-11-13-3-8-15(9-4-13)21-17(19)23/h1-4,6-9H,5,10-11H2,(H,20,22)(H3,19,21,23). The van der Waals surface area contributed by atoms with Crippen molar-refractivity contribution in [1.29, 1.82) is 0 Å². The molecule has 4 N–H and O–H groups in total. The number of rotatable bonds is 6. The predicted molar refractivity (Wildman–Crippen MR) is 91.3 cm³/mol. The van der Waals surface area contributed by atoms with Crippen molar-refractivity contribution in [3.63, 3.8) is 0 Å². The van der Waals surface area contributed by atoms with Crippen molar-refractivity contribution in [2.45, 2.75) is 19.4 Å². The number of primary amides is 1. The molecule has 0 bridgehead atoms. The third-order valence-electron chi connectivity index (χ3n) is 3.27. The number of anilines is 1. The Balaban J connectivity index is 1.75. The Morgan fingerprint density at radius 3 is 2.17 bits per heavy atom. The molecular formula is C17H18ClN3O2. The second-order valence-corrected chi connectivity index (χ2v) is 5.53. The monoisotopic (exact) mass is 331 g/mol. The summed E-state index contributed by atoms with van der Waals surface area (Å²) in [6.07, 6.45) is 1.09. The fourth-order valence-electron chi connectivity index (χ4n) is 2.05. The van der Waals surface area contributed by atoms with Crippen LogP contribution in [-0.4, -0.2) is 11.9 Å². The highest BCUT2D eigenvalue weighted by Crippen LogP contribution is 2.11. The minimum absolute atomic E-state index is 0.0145. The van der Waals surface area contributed by atoms with Crippen LogP contribution in [0.5, 0.6) is 0 Å². The van der Waals surface area contributed by atoms with Crippen LogP contribution in [0.1, 0.15) is 17.5 Å². The molecule has 2 rings (SSSR count). The van der Waals surface area contributed by atoms with E-state index in [-0.39, 0.29) is 5.91 Å². The van der Waals surface area contributed by atoms with Gasteiger partial charge in [-0.1, -0.05) is 35.9 Å². The van der Waals surface area contributed by atoms with Crippen LogP contribution >= 0.6 is 11.6 Å². The highest BCUT2D eigenvalue weighted by atomic mass is 35.5. The fourth-order valence-corrected chi connectivity index (χ4v) is 2.17. The molecule has 0 saturated heterocycles. The van der Waals surface area contributed by atoms with Crippen LogP contribution in [0.3, 0.4) is 0 Å². The molecule has 0 heterocycles. The van der Waals surface area contributed by atoms with Gasteiger partial charge in [0.25, 0.3) is 0 Å². The topological polar surface area (TPSA) is 84.2 Å². The number of carbonyl (C=O) groups excluding carboxylic acids is 2. The van der Waals surface area contributed by atoms with E-state index >= 15 is 0 Å². The Hall–Kier alpha value is -2.53. The first-order valence-electron chi connectivity index (χ1n) is 7.19. The van der Waals surface area contributed by atoms with Gasteiger partial charge in [0.1, 0.15) is 0 Å². The zero-order valence-electron chi connectivity index (χ0n) is 12.5. The lowest BCUT2D eigenvalue weighted by molar-refractivity contribution is -0.121. The number of hydrogen-bond donors (Lipinski definition) is 3. The lowest BCUT2D eigenvalue weighted by Gasteiger charge is -2.07. The van der Waals surface area contributed by atoms with Gasteiger partial charge in [0, 0.05) is 23.7 Å². The van der Waals surface area contributed by atoms with Crippen LogP contribution in [0.15, 0.2) is 48.5 Å². The Morgan fingerprint density at radius 2 is 1.57 bits per heavy atom. The lowest BCUT2D eigenvalue weighted by Crippen LogP contribution is -2.23. The molecule has 2 aromatic rings. The molecule has 0 unspecified atom stereocenters. The minimum atomic E-state index is -0.603. The SMILES string of the molecule is NC(=O)Nc1ccc(CNC(=O)CCc2ccc(Cl)cc2)cc1. The molecule has 23 heavy (non-hydrogen) atoms. The maximum Gasteiger partial charge on any atom is 0.316 e. The molecular weight excluding hydrogens is 314 g/mol. The normalized spacial score (nSPS) is 10.1. The summed E-state index contributed by atoms with van der Waals surface area (Å²) in [6.45, 7) is 0.441. The summed E-state index contributed by atoms with van der Waals surface area (Å²) in [5.74, 6) is -0.0145. The fraction of sp³-hybridized carbons (Fsp3) is 0.176. The number of aryl methyl sites for hydroxylation is 1. The van der Waals surface area contributed by atoms with Crippen LogP contribution in [0.25, 0.3) is 0 Å². The summed E-state index contributed by atoms with van der Waals surface area (Å²) in [4.78, 5) is 22.6. The second-order valence-electron chi connectivity index (χ2n) is 5.09. The third kappa shape index (κ3) is 6.00. The Bertz CT molecular complexity index is 669. The number of halogens is 1. The van der Waals surface area contributed by atoms with Crippen molar-refractivity contribution in [1.82, 2.24) is 5.32 Å². The van der Waals surface area contributed by atoms with Crippen molar-refractivity contribution < 1.29 is 9.59 Å². The average molecular weight is 332 g/mol. The summed E-state index contributed by atoms with van der Waals surface area (Å²) in [7, 11) is 0. The summed E-state index contributed by atoms with van der Waals surface area (Å²) < 4.78 is 0. The zero-order valence-corrected chi connectivity index (χ0v) is 13.3. The van der Waals surface area contributed by atoms with Crippen molar-refractivity contribution in [2.75, 3.05) is 5.32 Å². The smallest absolute Gasteiger partial charge is 0.316 e. The van der Waals surface area contributed by atoms with Gasteiger partial charge in [-0.2, -0.15) is 0 Å². The predicted octanol–water partition coefficient (Wildman–Crippen LogP) is 3.08. The molecule has 0 radical (unpaired) electrons. The van der Waals surface area contributed by atoms with E-state index in [2.05, 4.69) is 10.6 Å². The van der Waals surface area contributed by atoms with Crippen molar-refractivity contribution >= 4 is 29.2 Å². The zero-order chi connectivity index (χ0) is 16.7. The van der Waals surface area contributed by atoms with Gasteiger partial charge in [0.05, 0.1) is 0 Å². The maximum absolute atomic E-state index is 11.9. The van der Waals surface area contributed by atoms with Crippen molar-refractivity contribution in [2.24, 2.45) is 5.73 Å². The third-order valence-corrected chi connectivity index (χ3v) is 3.52. The molecule has 120 valence electrons. The van der Waals surface area contributed by atoms with Crippen molar-refractivity contribution in [3.8, 4) is 0 Å². The summed E-state index contributed by atoms with van der Waals surface area (Å²) in [5.41, 5.74) is 7.68. The van der Waals surface area contributed by atoms with Crippen LogP contribution in [0.2, 0.25) is 5.02 Å². The Labute approximate surface area is 139 Å².